The van der Waals surface area contributed by atoms with Gasteiger partial charge in [0, 0.05) is 37.0 Å². The summed E-state index contributed by atoms with van der Waals surface area (Å²) in [5.74, 6) is 0.788. The Kier molecular flexibility index (Phi) is 5.67. The van der Waals surface area contributed by atoms with E-state index in [2.05, 4.69) is 12.1 Å². The molecular weight excluding hydrogens is 375 g/mol. The molecule has 0 bridgehead atoms. The zero-order chi connectivity index (χ0) is 19.5. The Labute approximate surface area is 168 Å². The highest BCUT2D eigenvalue weighted by Gasteiger charge is 2.46. The summed E-state index contributed by atoms with van der Waals surface area (Å²) in [4.78, 5) is 29.8. The fourth-order valence-corrected chi connectivity index (χ4v) is 4.52. The van der Waals surface area contributed by atoms with Crippen molar-refractivity contribution in [3.63, 3.8) is 0 Å². The quantitative estimate of drug-likeness (QED) is 0.725. The fourth-order valence-electron chi connectivity index (χ4n) is 3.71. The third-order valence-corrected chi connectivity index (χ3v) is 6.45. The second-order valence-electron chi connectivity index (χ2n) is 7.31. The van der Waals surface area contributed by atoms with Gasteiger partial charge in [0.25, 0.3) is 0 Å². The van der Waals surface area contributed by atoms with Crippen molar-refractivity contribution >= 4 is 23.6 Å². The standard InChI is InChI=1S/C22H23FN2O2S/c23-17-6-8-18(9-7-17)28-15-21(26)24-10-12-25(13-11-24)22(27)20-14-19(20)16-4-2-1-3-5-16/h1-9,19-20H,10-15H2/t19-,20+/m0/s1. The molecule has 0 spiro atoms. The molecule has 2 aromatic rings. The first kappa shape index (κ1) is 19.0. The predicted molar refractivity (Wildman–Crippen MR) is 108 cm³/mol. The highest BCUT2D eigenvalue weighted by atomic mass is 32.2. The molecule has 2 aromatic carbocycles. The first-order valence-corrected chi connectivity index (χ1v) is 10.6. The molecule has 146 valence electrons. The lowest BCUT2D eigenvalue weighted by Crippen LogP contribution is -2.51. The number of carbonyl (C=O) groups excluding carboxylic acids is 2. The Morgan fingerprint density at radius 2 is 1.57 bits per heavy atom. The molecule has 1 saturated carbocycles. The summed E-state index contributed by atoms with van der Waals surface area (Å²) >= 11 is 1.41. The molecule has 4 rings (SSSR count). The van der Waals surface area contributed by atoms with Crippen LogP contribution in [0.15, 0.2) is 59.5 Å². The van der Waals surface area contributed by atoms with E-state index in [1.165, 1.54) is 29.5 Å². The second kappa shape index (κ2) is 8.35. The number of hydrogen-bond acceptors (Lipinski definition) is 3. The summed E-state index contributed by atoms with van der Waals surface area (Å²) in [7, 11) is 0. The minimum Gasteiger partial charge on any atom is -0.339 e. The lowest BCUT2D eigenvalue weighted by Gasteiger charge is -2.35. The minimum absolute atomic E-state index is 0.0648. The Hall–Kier alpha value is -2.34. The maximum Gasteiger partial charge on any atom is 0.233 e. The summed E-state index contributed by atoms with van der Waals surface area (Å²) in [5, 5.41) is 0. The Balaban J connectivity index is 1.22. The van der Waals surface area contributed by atoms with Crippen molar-refractivity contribution < 1.29 is 14.0 Å². The van der Waals surface area contributed by atoms with E-state index >= 15 is 0 Å². The van der Waals surface area contributed by atoms with Crippen LogP contribution in [0.1, 0.15) is 17.9 Å². The Morgan fingerprint density at radius 3 is 2.25 bits per heavy atom. The van der Waals surface area contributed by atoms with Crippen LogP contribution >= 0.6 is 11.8 Å². The lowest BCUT2D eigenvalue weighted by molar-refractivity contribution is -0.139. The first-order chi connectivity index (χ1) is 13.6. The molecule has 1 saturated heterocycles. The van der Waals surface area contributed by atoms with Crippen LogP contribution in [0.25, 0.3) is 0 Å². The topological polar surface area (TPSA) is 40.6 Å². The normalized spacial score (nSPS) is 21.5. The number of carbonyl (C=O) groups is 2. The van der Waals surface area contributed by atoms with E-state index in [1.54, 1.807) is 12.1 Å². The smallest absolute Gasteiger partial charge is 0.233 e. The molecule has 6 heteroatoms. The van der Waals surface area contributed by atoms with Crippen LogP contribution in [-0.4, -0.2) is 53.5 Å². The van der Waals surface area contributed by atoms with Crippen LogP contribution in [0.5, 0.6) is 0 Å². The summed E-state index contributed by atoms with van der Waals surface area (Å²) in [6.07, 6.45) is 0.927. The monoisotopic (exact) mass is 398 g/mol. The van der Waals surface area contributed by atoms with Crippen molar-refractivity contribution in [2.24, 2.45) is 5.92 Å². The minimum atomic E-state index is -0.276. The summed E-state index contributed by atoms with van der Waals surface area (Å²) < 4.78 is 12.9. The molecule has 1 aliphatic heterocycles. The number of piperazine rings is 1. The molecule has 2 amide bonds. The van der Waals surface area contributed by atoms with Crippen molar-refractivity contribution in [3.05, 3.63) is 66.0 Å². The van der Waals surface area contributed by atoms with Crippen molar-refractivity contribution in [2.75, 3.05) is 31.9 Å². The van der Waals surface area contributed by atoms with Gasteiger partial charge in [0.15, 0.2) is 0 Å². The number of hydrogen-bond donors (Lipinski definition) is 0. The number of benzene rings is 2. The molecule has 0 aromatic heterocycles. The zero-order valence-corrected chi connectivity index (χ0v) is 16.4. The van der Waals surface area contributed by atoms with Crippen LogP contribution in [0.3, 0.4) is 0 Å². The number of rotatable bonds is 5. The molecule has 2 fully saturated rings. The van der Waals surface area contributed by atoms with Crippen molar-refractivity contribution in [3.8, 4) is 0 Å². The van der Waals surface area contributed by atoms with Crippen LogP contribution in [0.4, 0.5) is 4.39 Å². The van der Waals surface area contributed by atoms with E-state index in [0.717, 1.165) is 11.3 Å². The van der Waals surface area contributed by atoms with Crippen molar-refractivity contribution in [1.82, 2.24) is 9.80 Å². The molecule has 2 aliphatic rings. The van der Waals surface area contributed by atoms with Gasteiger partial charge >= 0.3 is 0 Å². The highest BCUT2D eigenvalue weighted by molar-refractivity contribution is 8.00. The number of thioether (sulfide) groups is 1. The number of halogens is 1. The molecule has 4 nitrogen and oxygen atoms in total. The van der Waals surface area contributed by atoms with Gasteiger partial charge in [-0.15, -0.1) is 11.8 Å². The highest BCUT2D eigenvalue weighted by Crippen LogP contribution is 2.48. The van der Waals surface area contributed by atoms with E-state index in [0.29, 0.717) is 37.8 Å². The third-order valence-electron chi connectivity index (χ3n) is 5.46. The van der Waals surface area contributed by atoms with Crippen LogP contribution in [-0.2, 0) is 9.59 Å². The van der Waals surface area contributed by atoms with Gasteiger partial charge in [-0.1, -0.05) is 30.3 Å². The van der Waals surface area contributed by atoms with Gasteiger partial charge < -0.3 is 9.80 Å². The van der Waals surface area contributed by atoms with Crippen LogP contribution in [0.2, 0.25) is 0 Å². The predicted octanol–water partition coefficient (Wildman–Crippen LogP) is 3.39. The van der Waals surface area contributed by atoms with Crippen LogP contribution < -0.4 is 0 Å². The summed E-state index contributed by atoms with van der Waals surface area (Å²) in [5.41, 5.74) is 1.24. The molecule has 1 aliphatic carbocycles. The van der Waals surface area contributed by atoms with E-state index in [9.17, 15) is 14.0 Å². The number of nitrogens with zero attached hydrogens (tertiary/aromatic N) is 2. The van der Waals surface area contributed by atoms with Crippen LogP contribution in [0, 0.1) is 11.7 Å². The molecular formula is C22H23FN2O2S. The van der Waals surface area contributed by atoms with E-state index in [4.69, 9.17) is 0 Å². The molecule has 28 heavy (non-hydrogen) atoms. The molecule has 2 atom stereocenters. The van der Waals surface area contributed by atoms with E-state index < -0.39 is 0 Å². The van der Waals surface area contributed by atoms with E-state index in [-0.39, 0.29) is 23.5 Å². The molecule has 0 unspecified atom stereocenters. The van der Waals surface area contributed by atoms with E-state index in [1.807, 2.05) is 28.0 Å². The maximum absolute atomic E-state index is 12.9. The van der Waals surface area contributed by atoms with Gasteiger partial charge in [0.05, 0.1) is 5.75 Å². The van der Waals surface area contributed by atoms with Gasteiger partial charge in [0.2, 0.25) is 11.8 Å². The zero-order valence-electron chi connectivity index (χ0n) is 15.6. The van der Waals surface area contributed by atoms with Gasteiger partial charge in [-0.3, -0.25) is 9.59 Å². The average Bonchev–Trinajstić information content (AvgIpc) is 3.54. The maximum atomic E-state index is 12.9. The Bertz CT molecular complexity index is 835. The Morgan fingerprint density at radius 1 is 0.929 bits per heavy atom. The second-order valence-corrected chi connectivity index (χ2v) is 8.36. The lowest BCUT2D eigenvalue weighted by atomic mass is 10.1. The van der Waals surface area contributed by atoms with Gasteiger partial charge in [-0.05, 0) is 42.2 Å². The van der Waals surface area contributed by atoms with Crippen molar-refractivity contribution in [1.29, 1.82) is 0 Å². The molecule has 0 radical (unpaired) electrons. The van der Waals surface area contributed by atoms with Gasteiger partial charge in [0.1, 0.15) is 5.82 Å². The van der Waals surface area contributed by atoms with Gasteiger partial charge in [-0.2, -0.15) is 0 Å². The molecule has 0 N–H and O–H groups in total. The van der Waals surface area contributed by atoms with Gasteiger partial charge in [-0.25, -0.2) is 4.39 Å². The fraction of sp³-hybridized carbons (Fsp3) is 0.364. The summed E-state index contributed by atoms with van der Waals surface area (Å²) in [6.45, 7) is 2.36. The summed E-state index contributed by atoms with van der Waals surface area (Å²) in [6, 6.07) is 16.4. The SMILES string of the molecule is O=C(CSc1ccc(F)cc1)N1CCN(C(=O)[C@@H]2C[C@H]2c2ccccc2)CC1. The third kappa shape index (κ3) is 4.38. The van der Waals surface area contributed by atoms with Crippen molar-refractivity contribution in [2.45, 2.75) is 17.2 Å². The average molecular weight is 399 g/mol. The number of amides is 2. The first-order valence-electron chi connectivity index (χ1n) is 9.61. The molecule has 1 heterocycles. The largest absolute Gasteiger partial charge is 0.339 e.